The van der Waals surface area contributed by atoms with Crippen LogP contribution in [0.5, 0.6) is 5.75 Å². The lowest BCUT2D eigenvalue weighted by Gasteiger charge is -2.28. The summed E-state index contributed by atoms with van der Waals surface area (Å²) in [4.78, 5) is 6.86. The molecule has 0 aliphatic carbocycles. The van der Waals surface area contributed by atoms with Crippen molar-refractivity contribution in [2.45, 2.75) is 32.4 Å². The molecule has 0 bridgehead atoms. The molecule has 0 saturated carbocycles. The second-order valence-electron chi connectivity index (χ2n) is 6.60. The lowest BCUT2D eigenvalue weighted by Crippen LogP contribution is -2.29. The molecular formula is C20H20F2N2OS. The number of ether oxygens (including phenoxy) is 1. The fourth-order valence-corrected chi connectivity index (χ4v) is 4.29. The average molecular weight is 374 g/mol. The van der Waals surface area contributed by atoms with Crippen LogP contribution in [-0.2, 0) is 12.8 Å². The monoisotopic (exact) mass is 374 g/mol. The molecule has 3 aromatic rings. The van der Waals surface area contributed by atoms with E-state index in [1.54, 1.807) is 23.5 Å². The topological polar surface area (TPSA) is 25.4 Å². The van der Waals surface area contributed by atoms with Crippen molar-refractivity contribution >= 4 is 21.6 Å². The minimum atomic E-state index is -2.78. The van der Waals surface area contributed by atoms with Crippen LogP contribution in [0.3, 0.4) is 0 Å². The third-order valence-corrected chi connectivity index (χ3v) is 5.93. The summed E-state index contributed by atoms with van der Waals surface area (Å²) in [5, 5.41) is 0. The average Bonchev–Trinajstić information content (AvgIpc) is 2.99. The summed E-state index contributed by atoms with van der Waals surface area (Å²) in [5.41, 5.74) is 6.51. The Morgan fingerprint density at radius 2 is 1.88 bits per heavy atom. The van der Waals surface area contributed by atoms with Crippen LogP contribution in [0.25, 0.3) is 10.2 Å². The van der Waals surface area contributed by atoms with Gasteiger partial charge in [-0.1, -0.05) is 12.1 Å². The van der Waals surface area contributed by atoms with Crippen molar-refractivity contribution < 1.29 is 13.5 Å². The maximum Gasteiger partial charge on any atom is 0.387 e. The second kappa shape index (κ2) is 7.29. The Bertz CT molecular complexity index is 912. The number of rotatable bonds is 4. The summed E-state index contributed by atoms with van der Waals surface area (Å²) in [6, 6.07) is 12.1. The molecule has 2 heterocycles. The van der Waals surface area contributed by atoms with E-state index in [1.165, 1.54) is 15.8 Å². The number of aromatic nitrogens is 1. The summed E-state index contributed by atoms with van der Waals surface area (Å²) in [7, 11) is 0. The number of hydrogen-bond acceptors (Lipinski definition) is 4. The molecule has 4 rings (SSSR count). The molecule has 0 spiro atoms. The van der Waals surface area contributed by atoms with Crippen LogP contribution in [0.15, 0.2) is 41.9 Å². The minimum Gasteiger partial charge on any atom is -0.435 e. The first-order valence-corrected chi connectivity index (χ1v) is 9.62. The molecular weight excluding hydrogens is 354 g/mol. The normalized spacial score (nSPS) is 16.5. The number of benzene rings is 2. The van der Waals surface area contributed by atoms with Gasteiger partial charge in [0.1, 0.15) is 5.75 Å². The molecule has 1 atom stereocenters. The summed E-state index contributed by atoms with van der Waals surface area (Å²) in [5.74, 6) is 0.245. The van der Waals surface area contributed by atoms with Crippen LogP contribution >= 0.6 is 11.3 Å². The van der Waals surface area contributed by atoms with Crippen molar-refractivity contribution in [3.63, 3.8) is 0 Å². The van der Waals surface area contributed by atoms with Crippen LogP contribution in [0.4, 0.5) is 8.78 Å². The summed E-state index contributed by atoms with van der Waals surface area (Å²) in [6.07, 6.45) is 1.74. The zero-order valence-electron chi connectivity index (χ0n) is 14.5. The third-order valence-electron chi connectivity index (χ3n) is 5.12. The minimum absolute atomic E-state index is 0.245. The molecule has 0 saturated heterocycles. The molecule has 0 amide bonds. The van der Waals surface area contributed by atoms with Crippen LogP contribution in [-0.4, -0.2) is 29.6 Å². The summed E-state index contributed by atoms with van der Waals surface area (Å²) >= 11 is 1.65. The fraction of sp³-hybridized carbons (Fsp3) is 0.350. The zero-order valence-corrected chi connectivity index (χ0v) is 15.3. The van der Waals surface area contributed by atoms with Crippen molar-refractivity contribution in [1.82, 2.24) is 9.88 Å². The molecule has 1 aromatic heterocycles. The Kier molecular flexibility index (Phi) is 4.87. The number of fused-ring (bicyclic) bond motifs is 2. The molecule has 3 nitrogen and oxygen atoms in total. The van der Waals surface area contributed by atoms with Crippen molar-refractivity contribution in [1.29, 1.82) is 0 Å². The van der Waals surface area contributed by atoms with Gasteiger partial charge in [0.2, 0.25) is 0 Å². The highest BCUT2D eigenvalue weighted by Crippen LogP contribution is 2.29. The van der Waals surface area contributed by atoms with Gasteiger partial charge in [-0.05, 0) is 60.7 Å². The van der Waals surface area contributed by atoms with E-state index in [2.05, 4.69) is 39.7 Å². The smallest absolute Gasteiger partial charge is 0.387 e. The van der Waals surface area contributed by atoms with Gasteiger partial charge in [0, 0.05) is 19.1 Å². The highest BCUT2D eigenvalue weighted by atomic mass is 32.1. The first-order chi connectivity index (χ1) is 12.6. The van der Waals surface area contributed by atoms with E-state index < -0.39 is 6.61 Å². The highest BCUT2D eigenvalue weighted by molar-refractivity contribution is 7.16. The van der Waals surface area contributed by atoms with Crippen molar-refractivity contribution in [3.05, 3.63) is 58.6 Å². The quantitative estimate of drug-likeness (QED) is 0.638. The lowest BCUT2D eigenvalue weighted by molar-refractivity contribution is -0.0498. The number of alkyl halides is 2. The van der Waals surface area contributed by atoms with E-state index in [9.17, 15) is 8.78 Å². The van der Waals surface area contributed by atoms with E-state index in [-0.39, 0.29) is 11.8 Å². The molecule has 1 aliphatic rings. The molecule has 26 heavy (non-hydrogen) atoms. The third kappa shape index (κ3) is 3.57. The highest BCUT2D eigenvalue weighted by Gasteiger charge is 2.21. The van der Waals surface area contributed by atoms with Gasteiger partial charge in [-0.15, -0.1) is 11.3 Å². The van der Waals surface area contributed by atoms with Crippen molar-refractivity contribution in [2.75, 3.05) is 13.1 Å². The fourth-order valence-electron chi connectivity index (χ4n) is 3.63. The number of halogens is 2. The van der Waals surface area contributed by atoms with Gasteiger partial charge >= 0.3 is 6.61 Å². The lowest BCUT2D eigenvalue weighted by atomic mass is 10.0. The Balaban J connectivity index is 1.50. The molecule has 0 fully saturated rings. The summed E-state index contributed by atoms with van der Waals surface area (Å²) < 4.78 is 30.6. The van der Waals surface area contributed by atoms with Gasteiger partial charge in [-0.3, -0.25) is 4.90 Å². The van der Waals surface area contributed by atoms with Crippen molar-refractivity contribution in [3.8, 4) is 5.75 Å². The van der Waals surface area contributed by atoms with Gasteiger partial charge in [0.25, 0.3) is 0 Å². The molecule has 2 aromatic carbocycles. The molecule has 1 aliphatic heterocycles. The van der Waals surface area contributed by atoms with Gasteiger partial charge in [0.05, 0.1) is 15.7 Å². The molecule has 1 unspecified atom stereocenters. The van der Waals surface area contributed by atoms with Crippen molar-refractivity contribution in [2.24, 2.45) is 0 Å². The Morgan fingerprint density at radius 3 is 2.69 bits per heavy atom. The van der Waals surface area contributed by atoms with E-state index in [1.807, 2.05) is 11.6 Å². The molecule has 136 valence electrons. The Labute approximate surface area is 155 Å². The Morgan fingerprint density at radius 1 is 1.08 bits per heavy atom. The maximum atomic E-state index is 12.4. The predicted octanol–water partition coefficient (Wildman–Crippen LogP) is 5.06. The van der Waals surface area contributed by atoms with Crippen LogP contribution in [0, 0.1) is 0 Å². The Hall–Kier alpha value is -2.05. The number of thiazole rings is 1. The summed E-state index contributed by atoms with van der Waals surface area (Å²) in [6.45, 7) is 1.27. The number of hydrogen-bond donors (Lipinski definition) is 0. The van der Waals surface area contributed by atoms with Gasteiger partial charge in [0.15, 0.2) is 0 Å². The van der Waals surface area contributed by atoms with Gasteiger partial charge in [-0.25, -0.2) is 4.98 Å². The van der Waals surface area contributed by atoms with E-state index in [0.29, 0.717) is 0 Å². The molecule has 6 heteroatoms. The van der Waals surface area contributed by atoms with E-state index in [4.69, 9.17) is 0 Å². The predicted molar refractivity (Wildman–Crippen MR) is 100 cm³/mol. The first-order valence-electron chi connectivity index (χ1n) is 8.74. The van der Waals surface area contributed by atoms with Crippen LogP contribution in [0.1, 0.15) is 29.7 Å². The van der Waals surface area contributed by atoms with Gasteiger partial charge < -0.3 is 4.74 Å². The van der Waals surface area contributed by atoms with Gasteiger partial charge in [-0.2, -0.15) is 8.78 Å². The standard InChI is InChI=1S/C20H20F2N2OS/c1-13(15-3-5-19-18(11-15)23-12-26-19)24-8-6-14-2-4-17(25-20(21)22)10-16(14)7-9-24/h2-5,10-13,20H,6-9H2,1H3. The first kappa shape index (κ1) is 17.4. The molecule has 0 radical (unpaired) electrons. The molecule has 0 N–H and O–H groups in total. The van der Waals surface area contributed by atoms with E-state index in [0.717, 1.165) is 37.0 Å². The number of nitrogens with zero attached hydrogens (tertiary/aromatic N) is 2. The maximum absolute atomic E-state index is 12.4. The van der Waals surface area contributed by atoms with Crippen LogP contribution < -0.4 is 4.74 Å². The largest absolute Gasteiger partial charge is 0.435 e. The van der Waals surface area contributed by atoms with Crippen LogP contribution in [0.2, 0.25) is 0 Å². The SMILES string of the molecule is CC(c1ccc2scnc2c1)N1CCc2ccc(OC(F)F)cc2CC1. The second-order valence-corrected chi connectivity index (χ2v) is 7.49. The van der Waals surface area contributed by atoms with E-state index >= 15 is 0 Å². The zero-order chi connectivity index (χ0) is 18.1.